The number of nitrogens with two attached hydrogens (primary N) is 1. The number of hydrogen-bond donors (Lipinski definition) is 2. The molecule has 0 aliphatic heterocycles. The molecule has 0 bridgehead atoms. The number of rotatable bonds is 3. The molecule has 0 radical (unpaired) electrons. The van der Waals surface area contributed by atoms with Crippen LogP contribution < -0.4 is 16.0 Å². The van der Waals surface area contributed by atoms with Crippen LogP contribution in [0.25, 0.3) is 0 Å². The molecule has 2 aromatic rings. The molecule has 0 saturated heterocycles. The third kappa shape index (κ3) is 2.82. The zero-order valence-electron chi connectivity index (χ0n) is 11.0. The molecule has 0 atom stereocenters. The van der Waals surface area contributed by atoms with E-state index in [0.29, 0.717) is 21.4 Å². The second-order valence-corrected chi connectivity index (χ2v) is 5.24. The maximum atomic E-state index is 12.2. The van der Waals surface area contributed by atoms with E-state index in [2.05, 4.69) is 15.3 Å². The minimum atomic E-state index is -0.220. The Hall–Kier alpha value is -2.15. The lowest BCUT2D eigenvalue weighted by atomic mass is 10.3. The fourth-order valence-corrected chi connectivity index (χ4v) is 2.41. The maximum absolute atomic E-state index is 12.2. The highest BCUT2D eigenvalue weighted by Gasteiger charge is 2.16. The molecule has 0 unspecified atom stereocenters. The molecule has 0 fully saturated rings. The van der Waals surface area contributed by atoms with Gasteiger partial charge in [0, 0.05) is 20.3 Å². The van der Waals surface area contributed by atoms with Gasteiger partial charge in [-0.05, 0) is 13.0 Å². The molecule has 2 rings (SSSR count). The van der Waals surface area contributed by atoms with Crippen LogP contribution in [-0.2, 0) is 0 Å². The van der Waals surface area contributed by atoms with Crippen molar-refractivity contribution in [2.45, 2.75) is 6.92 Å². The van der Waals surface area contributed by atoms with Gasteiger partial charge in [-0.25, -0.2) is 4.98 Å². The standard InChI is InChI=1S/C12H15N5OS/c1-7-10(19-12(13)15-7)11(18)16-8-6-14-5-4-9(8)17(2)3/h4-6H,1-3H3,(H2,13,15)(H,16,18). The first-order valence-corrected chi connectivity index (χ1v) is 6.46. The fourth-order valence-electron chi connectivity index (χ4n) is 1.68. The minimum absolute atomic E-state index is 0.220. The molecule has 3 N–H and O–H groups in total. The highest BCUT2D eigenvalue weighted by molar-refractivity contribution is 7.17. The molecule has 0 spiro atoms. The van der Waals surface area contributed by atoms with E-state index in [-0.39, 0.29) is 5.91 Å². The highest BCUT2D eigenvalue weighted by atomic mass is 32.1. The van der Waals surface area contributed by atoms with Gasteiger partial charge in [0.2, 0.25) is 0 Å². The summed E-state index contributed by atoms with van der Waals surface area (Å²) in [5.41, 5.74) is 7.77. The van der Waals surface area contributed by atoms with Crippen LogP contribution in [0.3, 0.4) is 0 Å². The van der Waals surface area contributed by atoms with Crippen molar-refractivity contribution < 1.29 is 4.79 Å². The molecule has 7 heteroatoms. The van der Waals surface area contributed by atoms with E-state index < -0.39 is 0 Å². The van der Waals surface area contributed by atoms with Crippen LogP contribution in [0.1, 0.15) is 15.4 Å². The number of aromatic nitrogens is 2. The quantitative estimate of drug-likeness (QED) is 0.893. The Balaban J connectivity index is 2.27. The largest absolute Gasteiger partial charge is 0.376 e. The van der Waals surface area contributed by atoms with E-state index in [9.17, 15) is 4.79 Å². The molecule has 0 aliphatic carbocycles. The molecule has 1 amide bonds. The van der Waals surface area contributed by atoms with Crippen LogP contribution >= 0.6 is 11.3 Å². The number of hydrogen-bond acceptors (Lipinski definition) is 6. The Labute approximate surface area is 115 Å². The summed E-state index contributed by atoms with van der Waals surface area (Å²) in [6.07, 6.45) is 3.30. The molecular weight excluding hydrogens is 262 g/mol. The molecule has 0 aliphatic rings. The van der Waals surface area contributed by atoms with Crippen LogP contribution in [0.15, 0.2) is 18.5 Å². The van der Waals surface area contributed by atoms with Gasteiger partial charge >= 0.3 is 0 Å². The Bertz CT molecular complexity index is 608. The Morgan fingerprint density at radius 3 is 2.79 bits per heavy atom. The Morgan fingerprint density at radius 2 is 2.21 bits per heavy atom. The van der Waals surface area contributed by atoms with Crippen molar-refractivity contribution in [2.75, 3.05) is 30.0 Å². The summed E-state index contributed by atoms with van der Waals surface area (Å²) in [4.78, 5) is 22.7. The lowest BCUT2D eigenvalue weighted by Crippen LogP contribution is -2.16. The van der Waals surface area contributed by atoms with Gasteiger partial charge in [0.1, 0.15) is 4.88 Å². The van der Waals surface area contributed by atoms with Crippen LogP contribution in [0.5, 0.6) is 0 Å². The van der Waals surface area contributed by atoms with Crippen LogP contribution in [0.2, 0.25) is 0 Å². The summed E-state index contributed by atoms with van der Waals surface area (Å²) in [6.45, 7) is 1.76. The molecule has 6 nitrogen and oxygen atoms in total. The van der Waals surface area contributed by atoms with Gasteiger partial charge in [-0.3, -0.25) is 9.78 Å². The average Bonchev–Trinajstić information content (AvgIpc) is 2.69. The highest BCUT2D eigenvalue weighted by Crippen LogP contribution is 2.25. The maximum Gasteiger partial charge on any atom is 0.267 e. The van der Waals surface area contributed by atoms with E-state index >= 15 is 0 Å². The van der Waals surface area contributed by atoms with Gasteiger partial charge in [-0.1, -0.05) is 11.3 Å². The Morgan fingerprint density at radius 1 is 1.47 bits per heavy atom. The van der Waals surface area contributed by atoms with Crippen molar-refractivity contribution >= 4 is 33.8 Å². The predicted molar refractivity (Wildman–Crippen MR) is 77.8 cm³/mol. The van der Waals surface area contributed by atoms with Crippen molar-refractivity contribution in [3.8, 4) is 0 Å². The van der Waals surface area contributed by atoms with Gasteiger partial charge in [0.15, 0.2) is 5.13 Å². The first-order valence-electron chi connectivity index (χ1n) is 5.64. The van der Waals surface area contributed by atoms with Crippen molar-refractivity contribution in [3.05, 3.63) is 29.0 Å². The topological polar surface area (TPSA) is 84.1 Å². The van der Waals surface area contributed by atoms with E-state index in [1.165, 1.54) is 11.3 Å². The van der Waals surface area contributed by atoms with E-state index in [1.54, 1.807) is 19.3 Å². The number of pyridine rings is 1. The van der Waals surface area contributed by atoms with E-state index in [1.807, 2.05) is 25.1 Å². The van der Waals surface area contributed by atoms with Gasteiger partial charge in [-0.15, -0.1) is 0 Å². The fraction of sp³-hybridized carbons (Fsp3) is 0.250. The van der Waals surface area contributed by atoms with Crippen molar-refractivity contribution in [3.63, 3.8) is 0 Å². The minimum Gasteiger partial charge on any atom is -0.376 e. The van der Waals surface area contributed by atoms with Gasteiger partial charge in [0.05, 0.1) is 23.3 Å². The smallest absolute Gasteiger partial charge is 0.267 e. The second-order valence-electron chi connectivity index (χ2n) is 4.21. The number of aryl methyl sites for hydroxylation is 1. The zero-order chi connectivity index (χ0) is 14.0. The second kappa shape index (κ2) is 5.23. The number of nitrogen functional groups attached to an aromatic ring is 1. The summed E-state index contributed by atoms with van der Waals surface area (Å²) in [5.74, 6) is -0.220. The number of nitrogens with zero attached hydrogens (tertiary/aromatic N) is 3. The third-order valence-corrected chi connectivity index (χ3v) is 3.53. The average molecular weight is 277 g/mol. The third-order valence-electron chi connectivity index (χ3n) is 2.55. The summed E-state index contributed by atoms with van der Waals surface area (Å²) < 4.78 is 0. The zero-order valence-corrected chi connectivity index (χ0v) is 11.8. The number of carbonyl (C=O) groups excluding carboxylic acids is 1. The SMILES string of the molecule is Cc1nc(N)sc1C(=O)Nc1cnccc1N(C)C. The van der Waals surface area contributed by atoms with Crippen LogP contribution in [0, 0.1) is 6.92 Å². The summed E-state index contributed by atoms with van der Waals surface area (Å²) in [6, 6.07) is 1.84. The number of carbonyl (C=O) groups is 1. The molecule has 0 aromatic carbocycles. The van der Waals surface area contributed by atoms with Crippen molar-refractivity contribution in [1.29, 1.82) is 0 Å². The lowest BCUT2D eigenvalue weighted by Gasteiger charge is -2.16. The van der Waals surface area contributed by atoms with Gasteiger partial charge in [-0.2, -0.15) is 0 Å². The molecule has 0 saturated carbocycles. The monoisotopic (exact) mass is 277 g/mol. The first-order chi connectivity index (χ1) is 8.99. The van der Waals surface area contributed by atoms with E-state index in [4.69, 9.17) is 5.73 Å². The number of nitrogens with one attached hydrogen (secondary N) is 1. The molecule has 100 valence electrons. The van der Waals surface area contributed by atoms with Crippen molar-refractivity contribution in [1.82, 2.24) is 9.97 Å². The predicted octanol–water partition coefficient (Wildman–Crippen LogP) is 1.75. The van der Waals surface area contributed by atoms with Crippen molar-refractivity contribution in [2.24, 2.45) is 0 Å². The van der Waals surface area contributed by atoms with Gasteiger partial charge < -0.3 is 16.0 Å². The number of amides is 1. The first kappa shape index (κ1) is 13.3. The van der Waals surface area contributed by atoms with Crippen LogP contribution in [-0.4, -0.2) is 30.0 Å². The van der Waals surface area contributed by atoms with E-state index in [0.717, 1.165) is 5.69 Å². The van der Waals surface area contributed by atoms with Crippen LogP contribution in [0.4, 0.5) is 16.5 Å². The number of anilines is 3. The summed E-state index contributed by atoms with van der Waals surface area (Å²) >= 11 is 1.18. The summed E-state index contributed by atoms with van der Waals surface area (Å²) in [5, 5.41) is 3.22. The summed E-state index contributed by atoms with van der Waals surface area (Å²) in [7, 11) is 3.81. The molecule has 19 heavy (non-hydrogen) atoms. The molecule has 2 heterocycles. The Kier molecular flexibility index (Phi) is 3.66. The lowest BCUT2D eigenvalue weighted by molar-refractivity contribution is 0.103. The number of thiazole rings is 1. The normalized spacial score (nSPS) is 10.3. The van der Waals surface area contributed by atoms with Gasteiger partial charge in [0.25, 0.3) is 5.91 Å². The molecule has 2 aromatic heterocycles. The molecular formula is C12H15N5OS.